The van der Waals surface area contributed by atoms with E-state index in [0.29, 0.717) is 42.1 Å². The molecule has 0 aliphatic carbocycles. The number of sulfonamides is 1. The van der Waals surface area contributed by atoms with Gasteiger partial charge in [-0.15, -0.1) is 0 Å². The highest BCUT2D eigenvalue weighted by molar-refractivity contribution is 7.89. The minimum Gasteiger partial charge on any atom is -0.487 e. The summed E-state index contributed by atoms with van der Waals surface area (Å²) >= 11 is 13.4. The Morgan fingerprint density at radius 1 is 1.00 bits per heavy atom. The number of ether oxygens (including phenoxy) is 1. The van der Waals surface area contributed by atoms with Crippen LogP contribution in [0.15, 0.2) is 60.0 Å². The van der Waals surface area contributed by atoms with Crippen LogP contribution in [0.25, 0.3) is 16.6 Å². The summed E-state index contributed by atoms with van der Waals surface area (Å²) in [5, 5.41) is 45.7. The van der Waals surface area contributed by atoms with Crippen LogP contribution < -0.4 is 10.1 Å². The number of piperidine rings is 1. The summed E-state index contributed by atoms with van der Waals surface area (Å²) in [6.45, 7) is 5.65. The van der Waals surface area contributed by atoms with E-state index in [1.807, 2.05) is 35.9 Å². The molecule has 1 amide bonds. The lowest BCUT2D eigenvalue weighted by atomic mass is 9.96. The van der Waals surface area contributed by atoms with E-state index in [1.165, 1.54) is 16.4 Å². The summed E-state index contributed by atoms with van der Waals surface area (Å²) in [6, 6.07) is 9.66. The number of nitrogens with one attached hydrogen (secondary N) is 1. The number of hydrogen-bond donors (Lipinski definition) is 6. The first-order valence-electron chi connectivity index (χ1n) is 19.1. The van der Waals surface area contributed by atoms with Crippen molar-refractivity contribution in [3.63, 3.8) is 0 Å². The standard InChI is InChI=1S/C35H42Cl2N6O5S.C4H6O6/c1-24-20-30(42-18-13-38-23-42)26-6-4-8-31(34(26)40-24)48-22-27-28(36)9-10-32(33(27)37)49(46,47)43-15-5-7-29(43)35(45)39-21-25-11-16-41(17-12-25)14-2-3-19-44;5-1(3(7)8)2(6)4(9)10/h4,6,8-10,13,18,20,23,25,29,44H,2-3,5,7,11-12,14-17,19,21-22H2,1H3,(H,39,45);1-2,5-6H,(H,7,8)(H,9,10)/t29-;/m0./s1. The SMILES string of the molecule is Cc1cc(-n2ccnc2)c2cccc(OCc3c(Cl)ccc(S(=O)(=O)N4CCC[C@H]4C(=O)NCC4CCN(CCCCO)CC4)c3Cl)c2n1.O=C(O)C(O)C(O)C(=O)O. The Morgan fingerprint density at radius 2 is 1.71 bits per heavy atom. The van der Waals surface area contributed by atoms with Gasteiger partial charge < -0.3 is 45.1 Å². The number of imidazole rings is 1. The number of aliphatic carboxylic acids is 2. The van der Waals surface area contributed by atoms with Gasteiger partial charge in [0.1, 0.15) is 28.8 Å². The van der Waals surface area contributed by atoms with Crippen molar-refractivity contribution in [2.45, 2.75) is 75.2 Å². The number of pyridine rings is 1. The first-order valence-corrected chi connectivity index (χ1v) is 21.3. The number of halogens is 2. The Kier molecular flexibility index (Phi) is 16.0. The highest BCUT2D eigenvalue weighted by Gasteiger charge is 2.41. The molecule has 6 N–H and O–H groups in total. The van der Waals surface area contributed by atoms with Crippen LogP contribution in [0, 0.1) is 12.8 Å². The summed E-state index contributed by atoms with van der Waals surface area (Å²) < 4.78 is 37.5. The summed E-state index contributed by atoms with van der Waals surface area (Å²) in [5.74, 6) is -2.98. The highest BCUT2D eigenvalue weighted by Crippen LogP contribution is 2.37. The third-order valence-electron chi connectivity index (χ3n) is 10.3. The third-order valence-corrected chi connectivity index (χ3v) is 13.1. The summed E-state index contributed by atoms with van der Waals surface area (Å²) in [6.07, 6.45) is 5.48. The van der Waals surface area contributed by atoms with Crippen LogP contribution in [0.5, 0.6) is 5.75 Å². The monoisotopic (exact) mass is 878 g/mol. The molecule has 320 valence electrons. The van der Waals surface area contributed by atoms with Crippen LogP contribution in [-0.2, 0) is 31.0 Å². The van der Waals surface area contributed by atoms with Gasteiger partial charge in [-0.05, 0) is 95.3 Å². The fourth-order valence-corrected chi connectivity index (χ4v) is 9.55. The third kappa shape index (κ3) is 11.3. The minimum absolute atomic E-state index is 0.0345. The van der Waals surface area contributed by atoms with Crippen molar-refractivity contribution in [2.24, 2.45) is 5.92 Å². The number of aromatic nitrogens is 3. The van der Waals surface area contributed by atoms with Crippen LogP contribution in [0.1, 0.15) is 49.8 Å². The molecule has 2 unspecified atom stereocenters. The Morgan fingerprint density at radius 3 is 2.36 bits per heavy atom. The van der Waals surface area contributed by atoms with Crippen LogP contribution in [0.4, 0.5) is 0 Å². The van der Waals surface area contributed by atoms with E-state index in [0.717, 1.165) is 62.1 Å². The van der Waals surface area contributed by atoms with Gasteiger partial charge in [0, 0.05) is 53.8 Å². The van der Waals surface area contributed by atoms with Gasteiger partial charge in [-0.2, -0.15) is 4.31 Å². The Balaban J connectivity index is 0.000000586. The van der Waals surface area contributed by atoms with Gasteiger partial charge in [-0.3, -0.25) is 4.79 Å². The molecule has 0 spiro atoms. The fourth-order valence-electron chi connectivity index (χ4n) is 7.03. The van der Waals surface area contributed by atoms with Gasteiger partial charge in [-0.1, -0.05) is 35.3 Å². The molecule has 2 aliphatic heterocycles. The topological polar surface area (TPSA) is 245 Å². The second-order valence-electron chi connectivity index (χ2n) is 14.3. The number of aryl methyl sites for hydroxylation is 1. The zero-order valence-corrected chi connectivity index (χ0v) is 34.6. The van der Waals surface area contributed by atoms with Gasteiger partial charge in [0.15, 0.2) is 12.2 Å². The number of aliphatic hydroxyl groups is 3. The predicted octanol–water partition coefficient (Wildman–Crippen LogP) is 3.25. The normalized spacial score (nSPS) is 17.6. The zero-order chi connectivity index (χ0) is 42.9. The second-order valence-corrected chi connectivity index (χ2v) is 17.0. The molecule has 59 heavy (non-hydrogen) atoms. The molecule has 4 heterocycles. The smallest absolute Gasteiger partial charge is 0.335 e. The first-order chi connectivity index (χ1) is 28.1. The van der Waals surface area contributed by atoms with Crippen molar-refractivity contribution in [2.75, 3.05) is 39.3 Å². The molecule has 4 aromatic rings. The number of likely N-dealkylation sites (tertiary alicyclic amines) is 1. The second kappa shape index (κ2) is 20.7. The van der Waals surface area contributed by atoms with Crippen molar-refractivity contribution >= 4 is 62.0 Å². The van der Waals surface area contributed by atoms with Crippen molar-refractivity contribution in [1.29, 1.82) is 0 Å². The number of nitrogens with zero attached hydrogens (tertiary/aromatic N) is 5. The summed E-state index contributed by atoms with van der Waals surface area (Å²) in [5.41, 5.74) is 2.65. The van der Waals surface area contributed by atoms with Gasteiger partial charge in [0.05, 0.1) is 17.0 Å². The molecule has 2 aliphatic rings. The van der Waals surface area contributed by atoms with E-state index < -0.39 is 40.2 Å². The first kappa shape index (κ1) is 45.7. The molecule has 0 saturated carbocycles. The molecule has 2 aromatic heterocycles. The lowest BCUT2D eigenvalue weighted by Crippen LogP contribution is -2.47. The maximum Gasteiger partial charge on any atom is 0.335 e. The average molecular weight is 880 g/mol. The molecule has 2 aromatic carbocycles. The minimum atomic E-state index is -4.14. The van der Waals surface area contributed by atoms with E-state index in [4.69, 9.17) is 58.5 Å². The van der Waals surface area contributed by atoms with Crippen molar-refractivity contribution in [1.82, 2.24) is 29.1 Å². The van der Waals surface area contributed by atoms with Crippen molar-refractivity contribution in [3.05, 3.63) is 76.4 Å². The molecular formula is C39H48Cl2N6O11S. The van der Waals surface area contributed by atoms with Crippen LogP contribution >= 0.6 is 23.2 Å². The van der Waals surface area contributed by atoms with E-state index in [2.05, 4.69) is 15.2 Å². The summed E-state index contributed by atoms with van der Waals surface area (Å²) in [4.78, 5) is 44.1. The number of para-hydroxylation sites is 1. The number of amides is 1. The largest absolute Gasteiger partial charge is 0.487 e. The molecule has 3 atom stereocenters. The zero-order valence-electron chi connectivity index (χ0n) is 32.3. The Bertz CT molecular complexity index is 2190. The number of rotatable bonds is 16. The van der Waals surface area contributed by atoms with E-state index in [-0.39, 0.29) is 40.6 Å². The van der Waals surface area contributed by atoms with Gasteiger partial charge >= 0.3 is 11.9 Å². The Labute approximate surface area is 351 Å². The molecule has 17 nitrogen and oxygen atoms in total. The predicted molar refractivity (Wildman–Crippen MR) is 217 cm³/mol. The highest BCUT2D eigenvalue weighted by atomic mass is 35.5. The molecular weight excluding hydrogens is 831 g/mol. The van der Waals surface area contributed by atoms with Gasteiger partial charge in [0.25, 0.3) is 0 Å². The quantitative estimate of drug-likeness (QED) is 0.0886. The molecule has 20 heteroatoms. The number of carbonyl (C=O) groups excluding carboxylic acids is 1. The van der Waals surface area contributed by atoms with Gasteiger partial charge in [-0.25, -0.2) is 28.0 Å². The lowest BCUT2D eigenvalue weighted by molar-refractivity contribution is -0.165. The van der Waals surface area contributed by atoms with Crippen LogP contribution in [-0.4, -0.2) is 133 Å². The van der Waals surface area contributed by atoms with Gasteiger partial charge in [0.2, 0.25) is 15.9 Å². The number of unbranched alkanes of at least 4 members (excludes halogenated alkanes) is 1. The van der Waals surface area contributed by atoms with E-state index >= 15 is 0 Å². The van der Waals surface area contributed by atoms with E-state index in [9.17, 15) is 22.8 Å². The number of carbonyl (C=O) groups is 3. The number of fused-ring (bicyclic) bond motifs is 1. The van der Waals surface area contributed by atoms with E-state index in [1.54, 1.807) is 18.6 Å². The van der Waals surface area contributed by atoms with Crippen LogP contribution in [0.3, 0.4) is 0 Å². The van der Waals surface area contributed by atoms with Crippen molar-refractivity contribution < 1.29 is 53.1 Å². The Hall–Kier alpha value is -4.40. The summed E-state index contributed by atoms with van der Waals surface area (Å²) in [7, 11) is -4.14. The number of benzene rings is 2. The number of carboxylic acids is 2. The molecule has 2 saturated heterocycles. The average Bonchev–Trinajstić information content (AvgIpc) is 3.94. The fraction of sp³-hybridized carbons (Fsp3) is 0.462. The molecule has 0 bridgehead atoms. The maximum atomic E-state index is 14.1. The van der Waals surface area contributed by atoms with Crippen molar-refractivity contribution in [3.8, 4) is 11.4 Å². The molecule has 6 rings (SSSR count). The number of hydrogen-bond acceptors (Lipinski definition) is 12. The van der Waals surface area contributed by atoms with Crippen LogP contribution in [0.2, 0.25) is 10.0 Å². The lowest BCUT2D eigenvalue weighted by Gasteiger charge is -2.32. The maximum absolute atomic E-state index is 14.1. The number of carboxylic acid groups (broad SMARTS) is 2. The molecule has 2 fully saturated rings. The number of aliphatic hydroxyl groups excluding tert-OH is 3. The molecule has 0 radical (unpaired) electrons.